The van der Waals surface area contributed by atoms with Crippen LogP contribution >= 0.6 is 0 Å². The quantitative estimate of drug-likeness (QED) is 0.0547. The van der Waals surface area contributed by atoms with Gasteiger partial charge in [-0.3, -0.25) is 24.1 Å². The van der Waals surface area contributed by atoms with Crippen molar-refractivity contribution in [1.82, 2.24) is 20.9 Å². The summed E-state index contributed by atoms with van der Waals surface area (Å²) in [6, 6.07) is 19.2. The van der Waals surface area contributed by atoms with Crippen LogP contribution in [0.15, 0.2) is 69.5 Å². The molecule has 0 spiro atoms. The molecule has 2 aliphatic carbocycles. The van der Waals surface area contributed by atoms with Gasteiger partial charge in [0.25, 0.3) is 5.91 Å². The lowest BCUT2D eigenvalue weighted by Crippen LogP contribution is -2.25. The molecule has 2 heterocycles. The highest BCUT2D eigenvalue weighted by atomic mass is 16.7. The minimum absolute atomic E-state index is 0.0898. The summed E-state index contributed by atoms with van der Waals surface area (Å²) in [4.78, 5) is 67.1. The number of aryl methyl sites for hydroxylation is 2. The highest BCUT2D eigenvalue weighted by molar-refractivity contribution is 5.91. The number of carbonyl (C=O) groups is 4. The van der Waals surface area contributed by atoms with Crippen LogP contribution in [0.25, 0.3) is 0 Å². The standard InChI is InChI=1S/C24H33N3O4.C24H32N2O5/c1-17-22(23(25)29)26-24(31-17)20(14-8-13-18-9-4-2-5-10-18)15-21(28)27-30-16-19-11-6-3-7-12-19;1-17-22(24(28)29)25-23(31-17)20(14-8-13-18-9-4-2-5-10-18)15-21(27)26-30-16-19-11-6-3-7-12-19/h3,6-7,11-12,18,20H,2,4-5,8-10,13-16H2,1H3,(H2,25,29)(H,27,28);3,6-7,11-12,18,20H,2,4-5,8-10,13-16H2,1H3,(H,26,27)(H,28,29)/t2*20-/m11/s1. The summed E-state index contributed by atoms with van der Waals surface area (Å²) >= 11 is 0. The van der Waals surface area contributed by atoms with Gasteiger partial charge in [0, 0.05) is 24.7 Å². The number of nitrogens with one attached hydrogen (secondary N) is 2. The molecule has 0 saturated heterocycles. The van der Waals surface area contributed by atoms with Gasteiger partial charge in [0.2, 0.25) is 11.8 Å². The van der Waals surface area contributed by atoms with Crippen LogP contribution in [-0.4, -0.2) is 38.8 Å². The minimum Gasteiger partial charge on any atom is -0.476 e. The molecule has 4 aromatic rings. The zero-order valence-corrected chi connectivity index (χ0v) is 36.4. The summed E-state index contributed by atoms with van der Waals surface area (Å²) in [7, 11) is 0. The lowest BCUT2D eigenvalue weighted by molar-refractivity contribution is -0.135. The Balaban J connectivity index is 0.000000234. The van der Waals surface area contributed by atoms with Crippen molar-refractivity contribution in [2.75, 3.05) is 0 Å². The molecule has 0 radical (unpaired) electrons. The number of benzene rings is 2. The van der Waals surface area contributed by atoms with Crippen LogP contribution in [0.2, 0.25) is 0 Å². The van der Waals surface area contributed by atoms with Gasteiger partial charge >= 0.3 is 5.97 Å². The van der Waals surface area contributed by atoms with E-state index in [0.29, 0.717) is 24.1 Å². The SMILES string of the molecule is Cc1oc([C@H](CCCC2CCCCC2)CC(=O)NOCc2ccccc2)nc1C(=O)O.Cc1oc([C@H](CCCC2CCCCC2)CC(=O)NOCc2ccccc2)nc1C(N)=O. The van der Waals surface area contributed by atoms with Crippen LogP contribution in [0.5, 0.6) is 0 Å². The predicted molar refractivity (Wildman–Crippen MR) is 232 cm³/mol. The molecule has 2 aromatic heterocycles. The maximum atomic E-state index is 12.5. The first kappa shape index (κ1) is 47.7. The molecule has 14 heteroatoms. The van der Waals surface area contributed by atoms with E-state index in [-0.39, 0.29) is 60.2 Å². The lowest BCUT2D eigenvalue weighted by atomic mass is 9.84. The smallest absolute Gasteiger partial charge is 0.358 e. The van der Waals surface area contributed by atoms with Crippen molar-refractivity contribution in [2.24, 2.45) is 17.6 Å². The van der Waals surface area contributed by atoms with Crippen LogP contribution in [0.3, 0.4) is 0 Å². The number of carbonyl (C=O) groups excluding carboxylic acids is 3. The Morgan fingerprint density at radius 1 is 0.661 bits per heavy atom. The van der Waals surface area contributed by atoms with Crippen molar-refractivity contribution in [3.63, 3.8) is 0 Å². The fourth-order valence-corrected chi connectivity index (χ4v) is 8.57. The van der Waals surface area contributed by atoms with Crippen LogP contribution < -0.4 is 16.7 Å². The van der Waals surface area contributed by atoms with Gasteiger partial charge in [-0.1, -0.05) is 151 Å². The van der Waals surface area contributed by atoms with Gasteiger partial charge in [-0.2, -0.15) is 0 Å². The fraction of sp³-hybridized carbons (Fsp3) is 0.542. The number of oxazole rings is 2. The van der Waals surface area contributed by atoms with E-state index >= 15 is 0 Å². The summed E-state index contributed by atoms with van der Waals surface area (Å²) < 4.78 is 11.4. The van der Waals surface area contributed by atoms with Crippen molar-refractivity contribution in [2.45, 2.75) is 154 Å². The number of carboxylic acid groups (broad SMARTS) is 1. The van der Waals surface area contributed by atoms with E-state index in [1.54, 1.807) is 13.8 Å². The number of amides is 3. The van der Waals surface area contributed by atoms with E-state index in [1.165, 1.54) is 64.2 Å². The van der Waals surface area contributed by atoms with Crippen molar-refractivity contribution in [3.05, 3.63) is 106 Å². The number of carboxylic acids is 1. The van der Waals surface area contributed by atoms with Gasteiger partial charge in [-0.15, -0.1) is 0 Å². The van der Waals surface area contributed by atoms with Gasteiger partial charge in [-0.05, 0) is 49.7 Å². The Morgan fingerprint density at radius 3 is 1.44 bits per heavy atom. The number of primary amides is 1. The summed E-state index contributed by atoms with van der Waals surface area (Å²) in [6.45, 7) is 3.82. The van der Waals surface area contributed by atoms with Crippen molar-refractivity contribution in [3.8, 4) is 0 Å². The van der Waals surface area contributed by atoms with Crippen LogP contribution in [0.4, 0.5) is 0 Å². The van der Waals surface area contributed by atoms with E-state index in [1.807, 2.05) is 60.7 Å². The largest absolute Gasteiger partial charge is 0.476 e. The minimum atomic E-state index is -1.12. The normalized spacial score (nSPS) is 15.5. The first-order valence-electron chi connectivity index (χ1n) is 22.4. The zero-order chi connectivity index (χ0) is 44.1. The summed E-state index contributed by atoms with van der Waals surface area (Å²) in [5.41, 5.74) is 12.4. The second kappa shape index (κ2) is 25.6. The van der Waals surface area contributed by atoms with E-state index in [0.717, 1.165) is 61.5 Å². The molecule has 5 N–H and O–H groups in total. The molecule has 2 saturated carbocycles. The molecule has 2 atom stereocenters. The molecule has 2 fully saturated rings. The Morgan fingerprint density at radius 2 is 1.06 bits per heavy atom. The third-order valence-electron chi connectivity index (χ3n) is 11.9. The van der Waals surface area contributed by atoms with Crippen LogP contribution in [-0.2, 0) is 32.5 Å². The summed E-state index contributed by atoms with van der Waals surface area (Å²) in [6.07, 6.45) is 19.1. The average Bonchev–Trinajstić information content (AvgIpc) is 3.87. The summed E-state index contributed by atoms with van der Waals surface area (Å²) in [5, 5.41) is 9.29. The monoisotopic (exact) mass is 855 g/mol. The predicted octanol–water partition coefficient (Wildman–Crippen LogP) is 9.71. The number of hydrogen-bond acceptors (Lipinski definition) is 10. The topological polar surface area (TPSA) is 209 Å². The molecular formula is C48H65N5O9. The maximum absolute atomic E-state index is 12.5. The van der Waals surface area contributed by atoms with Crippen molar-refractivity contribution >= 4 is 23.7 Å². The first-order valence-corrected chi connectivity index (χ1v) is 22.4. The van der Waals surface area contributed by atoms with Gasteiger partial charge in [0.05, 0.1) is 13.2 Å². The zero-order valence-electron chi connectivity index (χ0n) is 36.4. The maximum Gasteiger partial charge on any atom is 0.358 e. The van der Waals surface area contributed by atoms with Crippen LogP contribution in [0.1, 0.15) is 183 Å². The highest BCUT2D eigenvalue weighted by Crippen LogP contribution is 2.33. The van der Waals surface area contributed by atoms with Gasteiger partial charge in [0.1, 0.15) is 11.5 Å². The second-order valence-corrected chi connectivity index (χ2v) is 16.9. The molecule has 14 nitrogen and oxygen atoms in total. The molecule has 3 amide bonds. The van der Waals surface area contributed by atoms with E-state index < -0.39 is 11.9 Å². The van der Waals surface area contributed by atoms with Crippen molar-refractivity contribution < 1.29 is 42.8 Å². The second-order valence-electron chi connectivity index (χ2n) is 16.9. The van der Waals surface area contributed by atoms with Crippen LogP contribution in [0, 0.1) is 25.7 Å². The Bertz CT molecular complexity index is 1830. The molecule has 62 heavy (non-hydrogen) atoms. The molecular weight excluding hydrogens is 791 g/mol. The molecule has 336 valence electrons. The third-order valence-corrected chi connectivity index (χ3v) is 11.9. The molecule has 0 bridgehead atoms. The fourth-order valence-electron chi connectivity index (χ4n) is 8.57. The number of hydroxylamine groups is 2. The molecule has 0 aliphatic heterocycles. The molecule has 0 unspecified atom stereocenters. The molecule has 2 aliphatic rings. The lowest BCUT2D eigenvalue weighted by Gasteiger charge is -2.22. The van der Waals surface area contributed by atoms with E-state index in [2.05, 4.69) is 20.9 Å². The third kappa shape index (κ3) is 16.2. The summed E-state index contributed by atoms with van der Waals surface area (Å²) in [5.74, 6) is 0.121. The Labute approximate surface area is 365 Å². The highest BCUT2D eigenvalue weighted by Gasteiger charge is 2.27. The number of nitrogens with zero attached hydrogens (tertiary/aromatic N) is 2. The average molecular weight is 856 g/mol. The van der Waals surface area contributed by atoms with E-state index in [4.69, 9.17) is 24.2 Å². The van der Waals surface area contributed by atoms with Gasteiger partial charge in [0.15, 0.2) is 23.2 Å². The van der Waals surface area contributed by atoms with E-state index in [9.17, 15) is 24.3 Å². The Kier molecular flexibility index (Phi) is 19.7. The van der Waals surface area contributed by atoms with Gasteiger partial charge < -0.3 is 19.7 Å². The van der Waals surface area contributed by atoms with Gasteiger partial charge in [-0.25, -0.2) is 25.7 Å². The number of hydrogen-bond donors (Lipinski definition) is 4. The Hall–Kier alpha value is -5.34. The first-order chi connectivity index (χ1) is 30.0. The molecule has 6 rings (SSSR count). The number of aromatic carboxylic acids is 1. The number of nitrogens with two attached hydrogens (primary N) is 1. The number of rotatable bonds is 22. The number of aromatic nitrogens is 2. The molecule has 2 aromatic carbocycles. The van der Waals surface area contributed by atoms with Crippen molar-refractivity contribution in [1.29, 1.82) is 0 Å².